The van der Waals surface area contributed by atoms with E-state index in [9.17, 15) is 15.3 Å². The average molecular weight is 243 g/mol. The number of fused-ring (bicyclic) bond motifs is 3. The van der Waals surface area contributed by atoms with E-state index in [1.165, 1.54) is 6.07 Å². The Bertz CT molecular complexity index is 637. The van der Waals surface area contributed by atoms with Crippen molar-refractivity contribution in [3.05, 3.63) is 41.5 Å². The summed E-state index contributed by atoms with van der Waals surface area (Å²) in [4.78, 5) is 0. The lowest BCUT2D eigenvalue weighted by molar-refractivity contribution is 0.405. The van der Waals surface area contributed by atoms with Crippen molar-refractivity contribution in [2.75, 3.05) is 6.54 Å². The highest BCUT2D eigenvalue weighted by molar-refractivity contribution is 5.85. The van der Waals surface area contributed by atoms with Gasteiger partial charge in [0.1, 0.15) is 5.75 Å². The third-order valence-electron chi connectivity index (χ3n) is 3.48. The molecule has 0 spiro atoms. The SMILES string of the molecule is NCC1c2cc(O)ccc2-c2c1ccc(O)c2O. The number of benzene rings is 2. The highest BCUT2D eigenvalue weighted by Gasteiger charge is 2.31. The van der Waals surface area contributed by atoms with Gasteiger partial charge in [-0.1, -0.05) is 12.1 Å². The number of nitrogens with two attached hydrogens (primary N) is 1. The molecule has 1 aliphatic rings. The van der Waals surface area contributed by atoms with Crippen LogP contribution in [0.2, 0.25) is 0 Å². The van der Waals surface area contributed by atoms with Gasteiger partial charge in [0.25, 0.3) is 0 Å². The van der Waals surface area contributed by atoms with Crippen molar-refractivity contribution in [1.29, 1.82) is 0 Å². The maximum atomic E-state index is 9.99. The van der Waals surface area contributed by atoms with Crippen LogP contribution in [0.3, 0.4) is 0 Å². The van der Waals surface area contributed by atoms with E-state index < -0.39 is 0 Å². The van der Waals surface area contributed by atoms with E-state index in [0.29, 0.717) is 12.1 Å². The Hall–Kier alpha value is -2.20. The molecule has 0 aliphatic heterocycles. The number of phenols is 3. The van der Waals surface area contributed by atoms with Gasteiger partial charge in [-0.15, -0.1) is 0 Å². The summed E-state index contributed by atoms with van der Waals surface area (Å²) in [7, 11) is 0. The van der Waals surface area contributed by atoms with Crippen LogP contribution in [0.15, 0.2) is 30.3 Å². The molecule has 0 radical (unpaired) electrons. The molecule has 3 rings (SSSR count). The predicted octanol–water partition coefficient (Wildman–Crippen LogP) is 1.87. The third kappa shape index (κ3) is 1.29. The molecule has 0 amide bonds. The fraction of sp³-hybridized carbons (Fsp3) is 0.143. The lowest BCUT2D eigenvalue weighted by Gasteiger charge is -2.10. The molecular weight excluding hydrogens is 230 g/mol. The molecule has 5 N–H and O–H groups in total. The maximum Gasteiger partial charge on any atom is 0.165 e. The summed E-state index contributed by atoms with van der Waals surface area (Å²) in [5.74, 6) is -0.168. The minimum absolute atomic E-state index is 0.0615. The predicted molar refractivity (Wildman–Crippen MR) is 67.8 cm³/mol. The van der Waals surface area contributed by atoms with Gasteiger partial charge in [-0.05, 0) is 34.9 Å². The van der Waals surface area contributed by atoms with Crippen LogP contribution in [-0.4, -0.2) is 21.9 Å². The Balaban J connectivity index is 2.35. The first-order valence-electron chi connectivity index (χ1n) is 5.71. The minimum atomic E-state index is -0.148. The quantitative estimate of drug-likeness (QED) is 0.576. The topological polar surface area (TPSA) is 86.7 Å². The molecule has 0 heterocycles. The van der Waals surface area contributed by atoms with Crippen LogP contribution < -0.4 is 5.73 Å². The first-order chi connectivity index (χ1) is 8.63. The van der Waals surface area contributed by atoms with Gasteiger partial charge in [0.05, 0.1) is 0 Å². The van der Waals surface area contributed by atoms with Crippen molar-refractivity contribution in [1.82, 2.24) is 0 Å². The van der Waals surface area contributed by atoms with Crippen molar-refractivity contribution in [3.8, 4) is 28.4 Å². The van der Waals surface area contributed by atoms with Crippen LogP contribution in [0.25, 0.3) is 11.1 Å². The zero-order valence-corrected chi connectivity index (χ0v) is 9.59. The smallest absolute Gasteiger partial charge is 0.165 e. The third-order valence-corrected chi connectivity index (χ3v) is 3.48. The van der Waals surface area contributed by atoms with Gasteiger partial charge >= 0.3 is 0 Å². The van der Waals surface area contributed by atoms with Crippen molar-refractivity contribution < 1.29 is 15.3 Å². The van der Waals surface area contributed by atoms with E-state index in [-0.39, 0.29) is 23.2 Å². The van der Waals surface area contributed by atoms with Crippen molar-refractivity contribution in [3.63, 3.8) is 0 Å². The molecule has 1 atom stereocenters. The molecular formula is C14H13NO3. The van der Waals surface area contributed by atoms with E-state index >= 15 is 0 Å². The fourth-order valence-electron chi connectivity index (χ4n) is 2.66. The van der Waals surface area contributed by atoms with Gasteiger partial charge < -0.3 is 21.1 Å². The van der Waals surface area contributed by atoms with Gasteiger partial charge in [-0.3, -0.25) is 0 Å². The number of hydrogen-bond donors (Lipinski definition) is 4. The normalized spacial score (nSPS) is 16.4. The molecule has 4 nitrogen and oxygen atoms in total. The first-order valence-corrected chi connectivity index (χ1v) is 5.71. The zero-order chi connectivity index (χ0) is 12.9. The minimum Gasteiger partial charge on any atom is -0.508 e. The summed E-state index contributed by atoms with van der Waals surface area (Å²) < 4.78 is 0. The lowest BCUT2D eigenvalue weighted by atomic mass is 9.97. The van der Waals surface area contributed by atoms with Crippen LogP contribution in [0.5, 0.6) is 17.2 Å². The van der Waals surface area contributed by atoms with Gasteiger partial charge in [-0.25, -0.2) is 0 Å². The van der Waals surface area contributed by atoms with Crippen molar-refractivity contribution >= 4 is 0 Å². The Morgan fingerprint density at radius 1 is 1.00 bits per heavy atom. The molecule has 1 unspecified atom stereocenters. The van der Waals surface area contributed by atoms with Crippen LogP contribution in [0, 0.1) is 0 Å². The molecule has 18 heavy (non-hydrogen) atoms. The summed E-state index contributed by atoms with van der Waals surface area (Å²) in [5, 5.41) is 29.1. The highest BCUT2D eigenvalue weighted by atomic mass is 16.3. The monoisotopic (exact) mass is 243 g/mol. The summed E-state index contributed by atoms with van der Waals surface area (Å²) in [5.41, 5.74) is 8.96. The Kier molecular flexibility index (Phi) is 2.21. The summed E-state index contributed by atoms with van der Waals surface area (Å²) in [6.45, 7) is 0.383. The molecule has 0 fully saturated rings. The lowest BCUT2D eigenvalue weighted by Crippen LogP contribution is -2.11. The second-order valence-corrected chi connectivity index (χ2v) is 4.46. The molecule has 92 valence electrons. The standard InChI is InChI=1S/C14H13NO3/c15-6-11-9-3-4-12(17)14(18)13(9)8-2-1-7(16)5-10(8)11/h1-5,11,16-18H,6,15H2. The summed E-state index contributed by atoms with van der Waals surface area (Å²) in [6.07, 6.45) is 0. The molecule has 4 heteroatoms. The zero-order valence-electron chi connectivity index (χ0n) is 9.59. The fourth-order valence-corrected chi connectivity index (χ4v) is 2.66. The number of hydrogen-bond acceptors (Lipinski definition) is 4. The van der Waals surface area contributed by atoms with E-state index in [1.807, 2.05) is 0 Å². The first kappa shape index (κ1) is 10.9. The van der Waals surface area contributed by atoms with Crippen LogP contribution in [0.1, 0.15) is 17.0 Å². The van der Waals surface area contributed by atoms with E-state index in [4.69, 9.17) is 5.73 Å². The van der Waals surface area contributed by atoms with E-state index in [0.717, 1.165) is 16.7 Å². The highest BCUT2D eigenvalue weighted by Crippen LogP contribution is 2.51. The van der Waals surface area contributed by atoms with E-state index in [1.54, 1.807) is 24.3 Å². The number of rotatable bonds is 1. The van der Waals surface area contributed by atoms with Crippen molar-refractivity contribution in [2.24, 2.45) is 5.73 Å². The average Bonchev–Trinajstić information content (AvgIpc) is 2.67. The Morgan fingerprint density at radius 3 is 2.50 bits per heavy atom. The van der Waals surface area contributed by atoms with Crippen LogP contribution in [-0.2, 0) is 0 Å². The van der Waals surface area contributed by atoms with Gasteiger partial charge in [0.2, 0.25) is 0 Å². The maximum absolute atomic E-state index is 9.99. The number of phenolic OH excluding ortho intramolecular Hbond substituents is 3. The van der Waals surface area contributed by atoms with Gasteiger partial charge in [-0.2, -0.15) is 0 Å². The Labute approximate surface area is 104 Å². The van der Waals surface area contributed by atoms with Crippen LogP contribution in [0.4, 0.5) is 0 Å². The molecule has 2 aromatic carbocycles. The molecule has 0 saturated carbocycles. The Morgan fingerprint density at radius 2 is 1.78 bits per heavy atom. The molecule has 0 bridgehead atoms. The molecule has 0 saturated heterocycles. The van der Waals surface area contributed by atoms with Gasteiger partial charge in [0, 0.05) is 18.0 Å². The van der Waals surface area contributed by atoms with E-state index in [2.05, 4.69) is 0 Å². The summed E-state index contributed by atoms with van der Waals surface area (Å²) >= 11 is 0. The van der Waals surface area contributed by atoms with Crippen molar-refractivity contribution in [2.45, 2.75) is 5.92 Å². The van der Waals surface area contributed by atoms with Crippen LogP contribution >= 0.6 is 0 Å². The largest absolute Gasteiger partial charge is 0.508 e. The molecule has 1 aliphatic carbocycles. The molecule has 0 aromatic heterocycles. The summed E-state index contributed by atoms with van der Waals surface area (Å²) in [6, 6.07) is 8.17. The van der Waals surface area contributed by atoms with Gasteiger partial charge in [0.15, 0.2) is 11.5 Å². The second-order valence-electron chi connectivity index (χ2n) is 4.46. The second kappa shape index (κ2) is 3.65. The number of aromatic hydroxyl groups is 3. The molecule has 2 aromatic rings.